The number of amides is 1. The monoisotopic (exact) mass is 346 g/mol. The summed E-state index contributed by atoms with van der Waals surface area (Å²) in [6, 6.07) is 0.414. The molecule has 0 radical (unpaired) electrons. The van der Waals surface area contributed by atoms with Gasteiger partial charge in [0, 0.05) is 37.7 Å². The molecule has 0 spiro atoms. The molecule has 1 unspecified atom stereocenters. The minimum atomic E-state index is 0.0209. The van der Waals surface area contributed by atoms with Gasteiger partial charge in [-0.25, -0.2) is 0 Å². The molecule has 4 nitrogen and oxygen atoms in total. The molecule has 0 aromatic carbocycles. The molecular formula is C21H34N2O2. The minimum Gasteiger partial charge on any atom is -0.381 e. The summed E-state index contributed by atoms with van der Waals surface area (Å²) in [5.74, 6) is 3.72. The van der Waals surface area contributed by atoms with Gasteiger partial charge >= 0.3 is 0 Å². The third-order valence-corrected chi connectivity index (χ3v) is 7.98. The molecule has 4 heteroatoms. The maximum absolute atomic E-state index is 13.2. The van der Waals surface area contributed by atoms with Crippen LogP contribution in [0.3, 0.4) is 0 Å². The predicted molar refractivity (Wildman–Crippen MR) is 97.1 cm³/mol. The van der Waals surface area contributed by atoms with Crippen molar-refractivity contribution in [3.63, 3.8) is 0 Å². The van der Waals surface area contributed by atoms with Crippen LogP contribution in [0.2, 0.25) is 0 Å². The van der Waals surface area contributed by atoms with Gasteiger partial charge in [-0.05, 0) is 81.5 Å². The summed E-state index contributed by atoms with van der Waals surface area (Å²) in [5.41, 5.74) is 0.0209. The molecule has 1 N–H and O–H groups in total. The van der Waals surface area contributed by atoms with Crippen LogP contribution in [0.25, 0.3) is 0 Å². The van der Waals surface area contributed by atoms with Gasteiger partial charge in [-0.15, -0.1) is 0 Å². The highest BCUT2D eigenvalue weighted by Crippen LogP contribution is 2.60. The quantitative estimate of drug-likeness (QED) is 0.851. The van der Waals surface area contributed by atoms with Gasteiger partial charge in [0.25, 0.3) is 0 Å². The number of nitrogens with one attached hydrogen (secondary N) is 1. The Kier molecular flexibility index (Phi) is 4.32. The molecule has 6 fully saturated rings. The van der Waals surface area contributed by atoms with E-state index in [1.807, 2.05) is 0 Å². The van der Waals surface area contributed by atoms with Crippen molar-refractivity contribution in [3.8, 4) is 0 Å². The molecule has 25 heavy (non-hydrogen) atoms. The van der Waals surface area contributed by atoms with E-state index in [1.165, 1.54) is 51.5 Å². The summed E-state index contributed by atoms with van der Waals surface area (Å²) in [4.78, 5) is 15.8. The first-order valence-electron chi connectivity index (χ1n) is 10.8. The lowest BCUT2D eigenvalue weighted by atomic mass is 9.49. The second-order valence-electron chi connectivity index (χ2n) is 9.98. The topological polar surface area (TPSA) is 41.6 Å². The average molecular weight is 347 g/mol. The van der Waals surface area contributed by atoms with E-state index in [0.29, 0.717) is 11.9 Å². The number of rotatable bonds is 4. The fourth-order valence-corrected chi connectivity index (χ4v) is 7.08. The van der Waals surface area contributed by atoms with E-state index in [-0.39, 0.29) is 5.41 Å². The van der Waals surface area contributed by atoms with Crippen LogP contribution in [0.1, 0.15) is 57.8 Å². The van der Waals surface area contributed by atoms with E-state index < -0.39 is 0 Å². The molecule has 4 aliphatic carbocycles. The number of likely N-dealkylation sites (tertiary alicyclic amines) is 1. The molecule has 4 bridgehead atoms. The maximum Gasteiger partial charge on any atom is 0.226 e. The number of hydrogen-bond donors (Lipinski definition) is 1. The van der Waals surface area contributed by atoms with Crippen LogP contribution < -0.4 is 5.32 Å². The van der Waals surface area contributed by atoms with Crippen molar-refractivity contribution in [1.82, 2.24) is 10.2 Å². The average Bonchev–Trinajstić information content (AvgIpc) is 3.08. The normalized spacial score (nSPS) is 44.3. The summed E-state index contributed by atoms with van der Waals surface area (Å²) in [5, 5.41) is 3.50. The first kappa shape index (κ1) is 16.6. The summed E-state index contributed by atoms with van der Waals surface area (Å²) < 4.78 is 5.51. The predicted octanol–water partition coefficient (Wildman–Crippen LogP) is 2.82. The highest BCUT2D eigenvalue weighted by atomic mass is 16.5. The Balaban J connectivity index is 1.13. The van der Waals surface area contributed by atoms with E-state index in [0.717, 1.165) is 62.8 Å². The smallest absolute Gasteiger partial charge is 0.226 e. The molecule has 0 aromatic rings. The van der Waals surface area contributed by atoms with E-state index in [9.17, 15) is 4.79 Å². The van der Waals surface area contributed by atoms with Crippen LogP contribution in [0, 0.1) is 29.1 Å². The molecule has 2 heterocycles. The van der Waals surface area contributed by atoms with E-state index in [2.05, 4.69) is 10.2 Å². The Morgan fingerprint density at radius 1 is 1.00 bits per heavy atom. The van der Waals surface area contributed by atoms with Crippen LogP contribution in [0.5, 0.6) is 0 Å². The molecule has 2 aliphatic heterocycles. The standard InChI is InChI=1S/C21H34N2O2/c24-20(21-10-16-7-17(11-21)9-18(8-16)12-21)22-19-1-4-23(5-2-19)13-15-3-6-25-14-15/h15-19H,1-14H2,(H,22,24). The van der Waals surface area contributed by atoms with Gasteiger partial charge in [-0.1, -0.05) is 0 Å². The minimum absolute atomic E-state index is 0.0209. The Bertz CT molecular complexity index is 471. The van der Waals surface area contributed by atoms with Gasteiger partial charge in [0.15, 0.2) is 0 Å². The van der Waals surface area contributed by atoms with Crippen LogP contribution in [-0.4, -0.2) is 49.7 Å². The van der Waals surface area contributed by atoms with Gasteiger partial charge in [-0.2, -0.15) is 0 Å². The second kappa shape index (κ2) is 6.53. The highest BCUT2D eigenvalue weighted by Gasteiger charge is 2.54. The Labute approximate surface area is 152 Å². The summed E-state index contributed by atoms with van der Waals surface area (Å²) >= 11 is 0. The number of carbonyl (C=O) groups excluding carboxylic acids is 1. The molecule has 1 atom stereocenters. The number of nitrogens with zero attached hydrogens (tertiary/aromatic N) is 1. The molecule has 0 aromatic heterocycles. The Morgan fingerprint density at radius 2 is 1.64 bits per heavy atom. The molecule has 6 aliphatic rings. The van der Waals surface area contributed by atoms with Crippen LogP contribution >= 0.6 is 0 Å². The first-order chi connectivity index (χ1) is 12.2. The zero-order valence-corrected chi connectivity index (χ0v) is 15.5. The number of piperidine rings is 1. The number of carbonyl (C=O) groups is 1. The molecule has 6 rings (SSSR count). The van der Waals surface area contributed by atoms with E-state index in [1.54, 1.807) is 0 Å². The van der Waals surface area contributed by atoms with Crippen molar-refractivity contribution in [1.29, 1.82) is 0 Å². The molecule has 1 amide bonds. The SMILES string of the molecule is O=C(NC1CCN(CC2CCOC2)CC1)C12CC3CC(CC(C3)C1)C2. The largest absolute Gasteiger partial charge is 0.381 e. The van der Waals surface area contributed by atoms with Gasteiger partial charge in [0.05, 0.1) is 6.61 Å². The van der Waals surface area contributed by atoms with Crippen molar-refractivity contribution in [2.24, 2.45) is 29.1 Å². The van der Waals surface area contributed by atoms with Crippen LogP contribution in [0.15, 0.2) is 0 Å². The van der Waals surface area contributed by atoms with Gasteiger partial charge in [0.2, 0.25) is 5.91 Å². The van der Waals surface area contributed by atoms with Crippen molar-refractivity contribution < 1.29 is 9.53 Å². The lowest BCUT2D eigenvalue weighted by Gasteiger charge is -2.56. The van der Waals surface area contributed by atoms with Gasteiger partial charge in [0.1, 0.15) is 0 Å². The number of ether oxygens (including phenoxy) is 1. The Morgan fingerprint density at radius 3 is 2.20 bits per heavy atom. The second-order valence-corrected chi connectivity index (χ2v) is 9.98. The zero-order valence-electron chi connectivity index (χ0n) is 15.5. The maximum atomic E-state index is 13.2. The van der Waals surface area contributed by atoms with Crippen molar-refractivity contribution >= 4 is 5.91 Å². The molecule has 140 valence electrons. The molecule has 4 saturated carbocycles. The van der Waals surface area contributed by atoms with E-state index in [4.69, 9.17) is 4.74 Å². The lowest BCUT2D eigenvalue weighted by molar-refractivity contribution is -0.147. The van der Waals surface area contributed by atoms with Crippen molar-refractivity contribution in [3.05, 3.63) is 0 Å². The Hall–Kier alpha value is -0.610. The highest BCUT2D eigenvalue weighted by molar-refractivity contribution is 5.83. The van der Waals surface area contributed by atoms with Crippen molar-refractivity contribution in [2.75, 3.05) is 32.8 Å². The zero-order chi connectivity index (χ0) is 16.9. The fourth-order valence-electron chi connectivity index (χ4n) is 7.08. The van der Waals surface area contributed by atoms with Crippen molar-refractivity contribution in [2.45, 2.75) is 63.8 Å². The fraction of sp³-hybridized carbons (Fsp3) is 0.952. The summed E-state index contributed by atoms with van der Waals surface area (Å²) in [6.45, 7) is 5.37. The first-order valence-corrected chi connectivity index (χ1v) is 10.8. The van der Waals surface area contributed by atoms with Gasteiger partial charge < -0.3 is 15.0 Å². The van der Waals surface area contributed by atoms with Gasteiger partial charge in [-0.3, -0.25) is 4.79 Å². The van der Waals surface area contributed by atoms with Crippen LogP contribution in [-0.2, 0) is 9.53 Å². The molecular weight excluding hydrogens is 312 g/mol. The third-order valence-electron chi connectivity index (χ3n) is 7.98. The lowest BCUT2D eigenvalue weighted by Crippen LogP contribution is -2.56. The summed E-state index contributed by atoms with van der Waals surface area (Å²) in [6.07, 6.45) is 11.3. The number of hydrogen-bond acceptors (Lipinski definition) is 3. The van der Waals surface area contributed by atoms with Crippen LogP contribution in [0.4, 0.5) is 0 Å². The summed E-state index contributed by atoms with van der Waals surface area (Å²) in [7, 11) is 0. The third kappa shape index (κ3) is 3.25. The molecule has 2 saturated heterocycles. The van der Waals surface area contributed by atoms with E-state index >= 15 is 0 Å².